The monoisotopic (exact) mass is 402 g/mol. The molecule has 2 aromatic rings. The smallest absolute Gasteiger partial charge is 0.283 e. The van der Waals surface area contributed by atoms with E-state index in [1.54, 1.807) is 28.7 Å². The van der Waals surface area contributed by atoms with Crippen LogP contribution in [0.3, 0.4) is 0 Å². The zero-order chi connectivity index (χ0) is 19.6. The van der Waals surface area contributed by atoms with E-state index in [2.05, 4.69) is 15.9 Å². The number of nitrogens with zero attached hydrogens (tertiary/aromatic N) is 3. The number of anilines is 1. The van der Waals surface area contributed by atoms with E-state index in [-0.39, 0.29) is 22.9 Å². The van der Waals surface area contributed by atoms with Gasteiger partial charge in [0.25, 0.3) is 5.56 Å². The molecule has 0 aromatic carbocycles. The Bertz CT molecular complexity index is 1080. The molecule has 2 heterocycles. The van der Waals surface area contributed by atoms with Gasteiger partial charge in [0.15, 0.2) is 10.9 Å². The summed E-state index contributed by atoms with van der Waals surface area (Å²) < 4.78 is 11.2. The number of nitrogen functional groups attached to an aromatic ring is 1. The molecule has 0 amide bonds. The predicted octanol–water partition coefficient (Wildman–Crippen LogP) is 2.84. The van der Waals surface area contributed by atoms with E-state index in [9.17, 15) is 9.59 Å². The summed E-state index contributed by atoms with van der Waals surface area (Å²) in [4.78, 5) is 29.3. The molecule has 0 atom stereocenters. The predicted molar refractivity (Wildman–Crippen MR) is 109 cm³/mol. The highest BCUT2D eigenvalue weighted by atomic mass is 32.2. The minimum atomic E-state index is -0.445. The van der Waals surface area contributed by atoms with Gasteiger partial charge < -0.3 is 10.5 Å². The van der Waals surface area contributed by atoms with Crippen LogP contribution >= 0.6 is 23.3 Å². The van der Waals surface area contributed by atoms with Crippen LogP contribution in [0.25, 0.3) is 11.0 Å². The molecule has 2 N–H and O–H groups in total. The molecule has 0 saturated carbocycles. The summed E-state index contributed by atoms with van der Waals surface area (Å²) in [6, 6.07) is 0. The Morgan fingerprint density at radius 2 is 2.19 bits per heavy atom. The Kier molecular flexibility index (Phi) is 5.62. The summed E-state index contributed by atoms with van der Waals surface area (Å²) in [7, 11) is 1.43. The van der Waals surface area contributed by atoms with Crippen molar-refractivity contribution >= 4 is 45.9 Å². The van der Waals surface area contributed by atoms with Crippen molar-refractivity contribution < 1.29 is 9.53 Å². The lowest BCUT2D eigenvalue weighted by Crippen LogP contribution is -2.17. The molecule has 2 aromatic heterocycles. The van der Waals surface area contributed by atoms with Crippen molar-refractivity contribution in [2.45, 2.75) is 18.5 Å². The molecule has 0 saturated heterocycles. The van der Waals surface area contributed by atoms with Gasteiger partial charge in [-0.3, -0.25) is 9.59 Å². The maximum absolute atomic E-state index is 12.5. The summed E-state index contributed by atoms with van der Waals surface area (Å²) in [6.07, 6.45) is 6.93. The number of fused-ring (bicyclic) bond motifs is 1. The van der Waals surface area contributed by atoms with E-state index in [1.807, 2.05) is 6.92 Å². The first-order valence-electron chi connectivity index (χ1n) is 8.14. The highest BCUT2D eigenvalue weighted by Gasteiger charge is 2.21. The average molecular weight is 403 g/mol. The fraction of sp³-hybridized carbons (Fsp3) is 0.222. The number of Topliss-reactive ketones (excluding diaryl/α,β-unsaturated/α-hetero) is 1. The van der Waals surface area contributed by atoms with Crippen molar-refractivity contribution in [2.24, 2.45) is 0 Å². The zero-order valence-electron chi connectivity index (χ0n) is 14.9. The molecule has 0 bridgehead atoms. The van der Waals surface area contributed by atoms with Crippen molar-refractivity contribution in [3.05, 3.63) is 57.6 Å². The number of ether oxygens (including phenoxy) is 1. The Hall–Kier alpha value is -2.65. The van der Waals surface area contributed by atoms with Gasteiger partial charge in [0.1, 0.15) is 5.82 Å². The normalized spacial score (nSPS) is 15.8. The molecule has 0 unspecified atom stereocenters. The lowest BCUT2D eigenvalue weighted by molar-refractivity contribution is -0.115. The van der Waals surface area contributed by atoms with Crippen molar-refractivity contribution in [2.75, 3.05) is 18.6 Å². The molecule has 0 spiro atoms. The number of ketones is 1. The van der Waals surface area contributed by atoms with Gasteiger partial charge in [-0.2, -0.15) is 9.36 Å². The van der Waals surface area contributed by atoms with Crippen LogP contribution in [-0.2, 0) is 9.53 Å². The lowest BCUT2D eigenvalue weighted by Gasteiger charge is -2.14. The molecule has 27 heavy (non-hydrogen) atoms. The number of aromatic nitrogens is 3. The minimum absolute atomic E-state index is 0.198. The van der Waals surface area contributed by atoms with E-state index in [0.717, 1.165) is 17.3 Å². The van der Waals surface area contributed by atoms with Gasteiger partial charge in [-0.1, -0.05) is 24.8 Å². The summed E-state index contributed by atoms with van der Waals surface area (Å²) in [6.45, 7) is 5.68. The van der Waals surface area contributed by atoms with Gasteiger partial charge in [-0.25, -0.2) is 4.40 Å². The molecule has 0 aliphatic heterocycles. The second kappa shape index (κ2) is 7.93. The Labute approximate surface area is 164 Å². The van der Waals surface area contributed by atoms with Gasteiger partial charge >= 0.3 is 0 Å². The molecular weight excluding hydrogens is 384 g/mol. The van der Waals surface area contributed by atoms with Crippen LogP contribution in [0.2, 0.25) is 0 Å². The van der Waals surface area contributed by atoms with Crippen LogP contribution in [0.4, 0.5) is 5.82 Å². The maximum atomic E-state index is 12.5. The topological polar surface area (TPSA) is 99.6 Å². The molecule has 0 radical (unpaired) electrons. The summed E-state index contributed by atoms with van der Waals surface area (Å²) in [5, 5.41) is 0.692. The van der Waals surface area contributed by atoms with Crippen molar-refractivity contribution in [1.29, 1.82) is 0 Å². The quantitative estimate of drug-likeness (QED) is 0.586. The van der Waals surface area contributed by atoms with Crippen LogP contribution < -0.4 is 11.3 Å². The van der Waals surface area contributed by atoms with Crippen molar-refractivity contribution in [1.82, 2.24) is 13.8 Å². The van der Waals surface area contributed by atoms with Crippen LogP contribution in [0.5, 0.6) is 0 Å². The van der Waals surface area contributed by atoms with E-state index in [1.165, 1.54) is 18.9 Å². The number of methoxy groups -OCH3 is 1. The van der Waals surface area contributed by atoms with Crippen LogP contribution in [-0.4, -0.2) is 32.4 Å². The maximum Gasteiger partial charge on any atom is 0.283 e. The highest BCUT2D eigenvalue weighted by Crippen LogP contribution is 2.27. The third kappa shape index (κ3) is 3.60. The largest absolute Gasteiger partial charge is 0.493 e. The van der Waals surface area contributed by atoms with Gasteiger partial charge in [0.05, 0.1) is 12.7 Å². The number of carbonyl (C=O) groups is 1. The standard InChI is InChI=1S/C18H18N4O3S2/c1-4-6-11-7-10(9-13(25-3)14(11)23)8-12-15(19)22-17(20-16(12)24)27-21-18(22)26-5-2/h4,7-9H,1,5-6,19H2,2-3H3/b10-8-. The molecule has 1 aliphatic rings. The molecular formula is C18H18N4O3S2. The molecule has 7 nitrogen and oxygen atoms in total. The number of nitrogens with two attached hydrogens (primary N) is 1. The molecule has 0 fully saturated rings. The van der Waals surface area contributed by atoms with Crippen molar-refractivity contribution in [3.8, 4) is 0 Å². The first-order valence-corrected chi connectivity index (χ1v) is 9.90. The van der Waals surface area contributed by atoms with Gasteiger partial charge in [0, 0.05) is 17.1 Å². The van der Waals surface area contributed by atoms with E-state index in [4.69, 9.17) is 10.5 Å². The number of allylic oxidation sites excluding steroid dienone is 5. The molecule has 1 aliphatic carbocycles. The van der Waals surface area contributed by atoms with Gasteiger partial charge in [-0.15, -0.1) is 6.58 Å². The molecule has 9 heteroatoms. The fourth-order valence-corrected chi connectivity index (χ4v) is 4.23. The van der Waals surface area contributed by atoms with Gasteiger partial charge in [0.2, 0.25) is 10.7 Å². The van der Waals surface area contributed by atoms with E-state index >= 15 is 0 Å². The van der Waals surface area contributed by atoms with Crippen LogP contribution in [0.15, 0.2) is 51.7 Å². The Morgan fingerprint density at radius 1 is 1.41 bits per heavy atom. The second-order valence-corrected chi connectivity index (χ2v) is 7.54. The Morgan fingerprint density at radius 3 is 2.85 bits per heavy atom. The van der Waals surface area contributed by atoms with Crippen molar-refractivity contribution in [3.63, 3.8) is 0 Å². The Balaban J connectivity index is 2.18. The zero-order valence-corrected chi connectivity index (χ0v) is 16.5. The number of hydrogen-bond donors (Lipinski definition) is 1. The first kappa shape index (κ1) is 19.1. The summed E-state index contributed by atoms with van der Waals surface area (Å²) in [5.74, 6) is 1.09. The average Bonchev–Trinajstić information content (AvgIpc) is 3.04. The van der Waals surface area contributed by atoms with Gasteiger partial charge in [-0.05, 0) is 36.0 Å². The number of rotatable bonds is 6. The third-order valence-electron chi connectivity index (χ3n) is 3.86. The number of thioether (sulfide) groups is 1. The van der Waals surface area contributed by atoms with Crippen LogP contribution in [0.1, 0.15) is 18.9 Å². The van der Waals surface area contributed by atoms with E-state index in [0.29, 0.717) is 27.7 Å². The molecule has 140 valence electrons. The lowest BCUT2D eigenvalue weighted by atomic mass is 9.95. The number of carbonyl (C=O) groups excluding carboxylic acids is 1. The SMILES string of the molecule is C=CCC1=C/C(=C/c2c(N)n3c(SCC)nsc3nc2=O)C=C(OC)C1=O. The molecule has 3 rings (SSSR count). The first-order chi connectivity index (χ1) is 13.0. The number of hydrogen-bond acceptors (Lipinski definition) is 8. The minimum Gasteiger partial charge on any atom is -0.493 e. The van der Waals surface area contributed by atoms with E-state index < -0.39 is 5.56 Å². The highest BCUT2D eigenvalue weighted by molar-refractivity contribution is 7.99. The van der Waals surface area contributed by atoms with Crippen LogP contribution in [0, 0.1) is 0 Å². The third-order valence-corrected chi connectivity index (χ3v) is 5.49. The fourth-order valence-electron chi connectivity index (χ4n) is 2.64. The second-order valence-electron chi connectivity index (χ2n) is 5.58. The summed E-state index contributed by atoms with van der Waals surface area (Å²) >= 11 is 2.65. The summed E-state index contributed by atoms with van der Waals surface area (Å²) in [5.41, 5.74) is 7.23.